The molecule has 66 valence electrons. The van der Waals surface area contributed by atoms with Crippen molar-refractivity contribution in [2.75, 3.05) is 19.0 Å². The number of hydrogen-bond acceptors (Lipinski definition) is 3. The van der Waals surface area contributed by atoms with E-state index in [-0.39, 0.29) is 0 Å². The molecule has 0 aliphatic carbocycles. The maximum Gasteiger partial charge on any atom is 0.193 e. The second kappa shape index (κ2) is 4.74. The van der Waals surface area contributed by atoms with E-state index in [9.17, 15) is 0 Å². The van der Waals surface area contributed by atoms with Crippen molar-refractivity contribution in [1.29, 1.82) is 5.41 Å². The predicted octanol–water partition coefficient (Wildman–Crippen LogP) is 0.861. The summed E-state index contributed by atoms with van der Waals surface area (Å²) in [6.07, 6.45) is 0. The van der Waals surface area contributed by atoms with Crippen molar-refractivity contribution in [2.24, 2.45) is 0 Å². The Labute approximate surface area is 75.5 Å². The first-order valence-electron chi connectivity index (χ1n) is 3.59. The van der Waals surface area contributed by atoms with E-state index in [4.69, 9.17) is 5.41 Å². The molecule has 4 N–H and O–H groups in total. The minimum absolute atomic E-state index is 0.308. The minimum atomic E-state index is 0.308. The summed E-state index contributed by atoms with van der Waals surface area (Å²) in [4.78, 5) is 0. The molecule has 0 fully saturated rings. The van der Waals surface area contributed by atoms with Gasteiger partial charge in [-0.2, -0.15) is 11.3 Å². The molecule has 0 bridgehead atoms. The fourth-order valence-electron chi connectivity index (χ4n) is 0.701. The SMILES string of the molecule is CNCNC(=N)Nc1ccsc1. The highest BCUT2D eigenvalue weighted by Crippen LogP contribution is 2.10. The molecule has 0 aliphatic rings. The molecule has 1 heterocycles. The van der Waals surface area contributed by atoms with E-state index in [1.807, 2.05) is 23.9 Å². The smallest absolute Gasteiger partial charge is 0.193 e. The standard InChI is InChI=1S/C7H12N4S/c1-9-5-10-7(8)11-6-2-3-12-4-6/h2-4,9H,5H2,1H3,(H3,8,10,11). The summed E-state index contributed by atoms with van der Waals surface area (Å²) in [5, 5.41) is 20.0. The van der Waals surface area contributed by atoms with Gasteiger partial charge in [0.2, 0.25) is 0 Å². The Kier molecular flexibility index (Phi) is 3.56. The van der Waals surface area contributed by atoms with Gasteiger partial charge in [0.25, 0.3) is 0 Å². The van der Waals surface area contributed by atoms with Crippen molar-refractivity contribution in [3.63, 3.8) is 0 Å². The van der Waals surface area contributed by atoms with Gasteiger partial charge in [0, 0.05) is 5.38 Å². The second-order valence-corrected chi connectivity index (χ2v) is 3.00. The van der Waals surface area contributed by atoms with E-state index in [0.29, 0.717) is 12.6 Å². The molecule has 0 unspecified atom stereocenters. The maximum absolute atomic E-state index is 7.41. The highest BCUT2D eigenvalue weighted by atomic mass is 32.1. The van der Waals surface area contributed by atoms with Crippen molar-refractivity contribution in [1.82, 2.24) is 10.6 Å². The summed E-state index contributed by atoms with van der Waals surface area (Å²) < 4.78 is 0. The molecule has 4 nitrogen and oxygen atoms in total. The highest BCUT2D eigenvalue weighted by molar-refractivity contribution is 7.08. The Morgan fingerprint density at radius 3 is 3.08 bits per heavy atom. The van der Waals surface area contributed by atoms with E-state index in [0.717, 1.165) is 5.69 Å². The first kappa shape index (κ1) is 9.02. The lowest BCUT2D eigenvalue weighted by Gasteiger charge is -2.07. The van der Waals surface area contributed by atoms with Crippen LogP contribution in [0.4, 0.5) is 5.69 Å². The highest BCUT2D eigenvalue weighted by Gasteiger charge is 1.94. The first-order chi connectivity index (χ1) is 5.83. The van der Waals surface area contributed by atoms with Crippen molar-refractivity contribution >= 4 is 23.0 Å². The molecule has 0 radical (unpaired) electrons. The zero-order valence-electron chi connectivity index (χ0n) is 6.85. The molecule has 0 amide bonds. The molecule has 1 rings (SSSR count). The summed E-state index contributed by atoms with van der Waals surface area (Å²) in [5.74, 6) is 0.308. The Morgan fingerprint density at radius 1 is 1.67 bits per heavy atom. The molecular weight excluding hydrogens is 172 g/mol. The van der Waals surface area contributed by atoms with Crippen LogP contribution in [0.15, 0.2) is 16.8 Å². The van der Waals surface area contributed by atoms with Gasteiger partial charge in [-0.3, -0.25) is 5.41 Å². The summed E-state index contributed by atoms with van der Waals surface area (Å²) in [6.45, 7) is 0.593. The Balaban J connectivity index is 2.27. The minimum Gasteiger partial charge on any atom is -0.344 e. The third kappa shape index (κ3) is 2.89. The van der Waals surface area contributed by atoms with Crippen molar-refractivity contribution < 1.29 is 0 Å². The number of thiophene rings is 1. The van der Waals surface area contributed by atoms with Crippen LogP contribution in [0, 0.1) is 5.41 Å². The third-order valence-corrected chi connectivity index (χ3v) is 1.92. The van der Waals surface area contributed by atoms with E-state index in [1.165, 1.54) is 0 Å². The zero-order valence-corrected chi connectivity index (χ0v) is 7.66. The van der Waals surface area contributed by atoms with Gasteiger partial charge in [-0.1, -0.05) is 0 Å². The quantitative estimate of drug-likeness (QED) is 0.320. The van der Waals surface area contributed by atoms with Crippen molar-refractivity contribution in [3.8, 4) is 0 Å². The van der Waals surface area contributed by atoms with E-state index < -0.39 is 0 Å². The normalized spacial score (nSPS) is 9.42. The van der Waals surface area contributed by atoms with E-state index in [2.05, 4.69) is 16.0 Å². The first-order valence-corrected chi connectivity index (χ1v) is 4.53. The second-order valence-electron chi connectivity index (χ2n) is 2.22. The summed E-state index contributed by atoms with van der Waals surface area (Å²) in [6, 6.07) is 1.93. The molecule has 1 aromatic rings. The van der Waals surface area contributed by atoms with Gasteiger partial charge in [-0.15, -0.1) is 0 Å². The fourth-order valence-corrected chi connectivity index (χ4v) is 1.29. The van der Waals surface area contributed by atoms with Gasteiger partial charge in [0.1, 0.15) is 0 Å². The zero-order chi connectivity index (χ0) is 8.81. The van der Waals surface area contributed by atoms with E-state index >= 15 is 0 Å². The van der Waals surface area contributed by atoms with Crippen LogP contribution in [0.5, 0.6) is 0 Å². The van der Waals surface area contributed by atoms with Gasteiger partial charge in [-0.05, 0) is 18.5 Å². The molecule has 0 aliphatic heterocycles. The van der Waals surface area contributed by atoms with Gasteiger partial charge < -0.3 is 16.0 Å². The largest absolute Gasteiger partial charge is 0.344 e. The predicted molar refractivity (Wildman–Crippen MR) is 52.7 cm³/mol. The van der Waals surface area contributed by atoms with Crippen LogP contribution < -0.4 is 16.0 Å². The van der Waals surface area contributed by atoms with Gasteiger partial charge in [0.05, 0.1) is 12.4 Å². The van der Waals surface area contributed by atoms with Crippen LogP contribution in [0.25, 0.3) is 0 Å². The molecule has 0 aromatic carbocycles. The molecule has 5 heteroatoms. The summed E-state index contributed by atoms with van der Waals surface area (Å²) in [7, 11) is 1.82. The van der Waals surface area contributed by atoms with Crippen LogP contribution >= 0.6 is 11.3 Å². The average Bonchev–Trinajstić information content (AvgIpc) is 2.53. The summed E-state index contributed by atoms with van der Waals surface area (Å²) in [5.41, 5.74) is 0.952. The van der Waals surface area contributed by atoms with Gasteiger partial charge >= 0.3 is 0 Å². The molecule has 0 saturated heterocycles. The molecule has 0 saturated carbocycles. The molecule has 1 aromatic heterocycles. The number of nitrogens with one attached hydrogen (secondary N) is 4. The number of rotatable bonds is 3. The lowest BCUT2D eigenvalue weighted by Crippen LogP contribution is -2.35. The van der Waals surface area contributed by atoms with Gasteiger partial charge in [-0.25, -0.2) is 0 Å². The van der Waals surface area contributed by atoms with Crippen LogP contribution in [0.2, 0.25) is 0 Å². The number of anilines is 1. The Hall–Kier alpha value is -1.07. The van der Waals surface area contributed by atoms with E-state index in [1.54, 1.807) is 11.3 Å². The topological polar surface area (TPSA) is 59.9 Å². The molecular formula is C7H12N4S. The maximum atomic E-state index is 7.41. The fraction of sp³-hybridized carbons (Fsp3) is 0.286. The van der Waals surface area contributed by atoms with Crippen molar-refractivity contribution in [2.45, 2.75) is 0 Å². The molecule has 12 heavy (non-hydrogen) atoms. The molecule has 0 spiro atoms. The van der Waals surface area contributed by atoms with Gasteiger partial charge in [0.15, 0.2) is 5.96 Å². The number of hydrogen-bond donors (Lipinski definition) is 4. The summed E-state index contributed by atoms with van der Waals surface area (Å²) >= 11 is 1.60. The lowest BCUT2D eigenvalue weighted by molar-refractivity contribution is 0.757. The third-order valence-electron chi connectivity index (χ3n) is 1.23. The van der Waals surface area contributed by atoms with Crippen LogP contribution in [0.3, 0.4) is 0 Å². The Morgan fingerprint density at radius 2 is 2.50 bits per heavy atom. The number of guanidine groups is 1. The van der Waals surface area contributed by atoms with Crippen molar-refractivity contribution in [3.05, 3.63) is 16.8 Å². The Bertz CT molecular complexity index is 232. The van der Waals surface area contributed by atoms with Crippen LogP contribution in [0.1, 0.15) is 0 Å². The average molecular weight is 184 g/mol. The molecule has 0 atom stereocenters. The van der Waals surface area contributed by atoms with Crippen LogP contribution in [-0.4, -0.2) is 19.7 Å². The monoisotopic (exact) mass is 184 g/mol. The van der Waals surface area contributed by atoms with Crippen LogP contribution in [-0.2, 0) is 0 Å². The lowest BCUT2D eigenvalue weighted by atomic mass is 10.5.